The zero-order valence-corrected chi connectivity index (χ0v) is 19.2. The Kier molecular flexibility index (Phi) is 6.29. The van der Waals surface area contributed by atoms with Gasteiger partial charge in [-0.1, -0.05) is 65.8 Å². The first-order chi connectivity index (χ1) is 14.8. The molecule has 1 aliphatic rings. The molecule has 0 saturated heterocycles. The molecular formula is C22H17Cl2N3O2S2. The van der Waals surface area contributed by atoms with E-state index in [0.29, 0.717) is 22.2 Å². The van der Waals surface area contributed by atoms with Gasteiger partial charge in [0.05, 0.1) is 22.3 Å². The summed E-state index contributed by atoms with van der Waals surface area (Å²) in [6.07, 6.45) is 0.453. The second-order valence-corrected chi connectivity index (χ2v) is 9.85. The summed E-state index contributed by atoms with van der Waals surface area (Å²) >= 11 is 17.3. The van der Waals surface area contributed by atoms with Gasteiger partial charge in [-0.25, -0.2) is 8.42 Å². The average Bonchev–Trinajstić information content (AvgIpc) is 3.21. The van der Waals surface area contributed by atoms with Crippen LogP contribution in [0.5, 0.6) is 0 Å². The maximum absolute atomic E-state index is 12.7. The van der Waals surface area contributed by atoms with Gasteiger partial charge in [-0.15, -0.1) is 0 Å². The zero-order valence-electron chi connectivity index (χ0n) is 16.1. The fourth-order valence-corrected chi connectivity index (χ4v) is 4.95. The summed E-state index contributed by atoms with van der Waals surface area (Å²) in [6, 6.07) is 22.9. The van der Waals surface area contributed by atoms with Gasteiger partial charge in [0.2, 0.25) is 0 Å². The highest BCUT2D eigenvalue weighted by Gasteiger charge is 2.32. The van der Waals surface area contributed by atoms with Crippen molar-refractivity contribution in [3.8, 4) is 0 Å². The van der Waals surface area contributed by atoms with Crippen LogP contribution in [0, 0.1) is 0 Å². The molecule has 0 spiro atoms. The lowest BCUT2D eigenvalue weighted by atomic mass is 10.0. The highest BCUT2D eigenvalue weighted by molar-refractivity contribution is 7.92. The Morgan fingerprint density at radius 2 is 1.52 bits per heavy atom. The number of nitrogens with one attached hydrogen (secondary N) is 1. The first-order valence-electron chi connectivity index (χ1n) is 9.33. The van der Waals surface area contributed by atoms with Crippen LogP contribution in [0.15, 0.2) is 88.9 Å². The molecule has 0 aromatic heterocycles. The van der Waals surface area contributed by atoms with Crippen LogP contribution in [0.2, 0.25) is 10.0 Å². The Morgan fingerprint density at radius 1 is 0.935 bits per heavy atom. The monoisotopic (exact) mass is 489 g/mol. The van der Waals surface area contributed by atoms with Gasteiger partial charge in [0.15, 0.2) is 0 Å². The van der Waals surface area contributed by atoms with Crippen LogP contribution in [0.3, 0.4) is 0 Å². The predicted octanol–water partition coefficient (Wildman–Crippen LogP) is 5.61. The molecule has 0 aliphatic carbocycles. The smallest absolute Gasteiger partial charge is 0.262 e. The summed E-state index contributed by atoms with van der Waals surface area (Å²) in [5.74, 6) is 0. The predicted molar refractivity (Wildman–Crippen MR) is 130 cm³/mol. The molecule has 1 N–H and O–H groups in total. The minimum Gasteiger partial charge on any atom is -0.268 e. The lowest BCUT2D eigenvalue weighted by molar-refractivity contribution is 0.593. The van der Waals surface area contributed by atoms with Crippen molar-refractivity contribution in [1.29, 1.82) is 0 Å². The van der Waals surface area contributed by atoms with Gasteiger partial charge in [0.25, 0.3) is 10.0 Å². The highest BCUT2D eigenvalue weighted by atomic mass is 35.5. The van der Waals surface area contributed by atoms with Gasteiger partial charge in [-0.3, -0.25) is 9.73 Å². The first kappa shape index (κ1) is 21.8. The van der Waals surface area contributed by atoms with Crippen molar-refractivity contribution in [3.05, 3.63) is 94.5 Å². The van der Waals surface area contributed by atoms with Crippen molar-refractivity contribution in [2.45, 2.75) is 17.4 Å². The van der Waals surface area contributed by atoms with Crippen LogP contribution in [-0.2, 0) is 10.0 Å². The summed E-state index contributed by atoms with van der Waals surface area (Å²) in [5, 5.41) is 7.56. The zero-order chi connectivity index (χ0) is 22.0. The van der Waals surface area contributed by atoms with Crippen LogP contribution in [0.4, 0.5) is 5.69 Å². The third-order valence-electron chi connectivity index (χ3n) is 4.80. The molecule has 31 heavy (non-hydrogen) atoms. The Hall–Kier alpha value is -2.45. The number of thiocarbonyl (C=S) groups is 1. The van der Waals surface area contributed by atoms with Gasteiger partial charge in [0, 0.05) is 16.5 Å². The van der Waals surface area contributed by atoms with E-state index >= 15 is 0 Å². The molecule has 9 heteroatoms. The van der Waals surface area contributed by atoms with Crippen molar-refractivity contribution in [2.24, 2.45) is 5.10 Å². The number of hydrazone groups is 1. The van der Waals surface area contributed by atoms with Gasteiger partial charge >= 0.3 is 0 Å². The molecule has 3 aromatic rings. The van der Waals surface area contributed by atoms with E-state index in [4.69, 9.17) is 35.4 Å². The molecule has 3 aromatic carbocycles. The molecule has 0 radical (unpaired) electrons. The Labute approximate surface area is 196 Å². The summed E-state index contributed by atoms with van der Waals surface area (Å²) in [7, 11) is -3.85. The summed E-state index contributed by atoms with van der Waals surface area (Å²) < 4.78 is 27.9. The SMILES string of the molecule is O=S(=O)(NC(=S)C1=NN(c2ccc(Cl)cc2)C(c2ccccc2)C1)c1ccc(Cl)cc1. The molecule has 158 valence electrons. The maximum atomic E-state index is 12.7. The second kappa shape index (κ2) is 8.96. The lowest BCUT2D eigenvalue weighted by Crippen LogP contribution is -2.34. The molecule has 5 nitrogen and oxygen atoms in total. The van der Waals surface area contributed by atoms with Crippen LogP contribution >= 0.6 is 35.4 Å². The van der Waals surface area contributed by atoms with Crippen LogP contribution in [-0.4, -0.2) is 19.1 Å². The summed E-state index contributed by atoms with van der Waals surface area (Å²) in [5.41, 5.74) is 2.35. The first-order valence-corrected chi connectivity index (χ1v) is 12.0. The number of hydrogen-bond acceptors (Lipinski definition) is 5. The maximum Gasteiger partial charge on any atom is 0.262 e. The van der Waals surface area contributed by atoms with Gasteiger partial charge in [-0.05, 0) is 54.1 Å². The number of sulfonamides is 1. The normalized spacial score (nSPS) is 16.1. The van der Waals surface area contributed by atoms with E-state index < -0.39 is 10.0 Å². The molecule has 4 rings (SSSR count). The molecule has 0 fully saturated rings. The van der Waals surface area contributed by atoms with Crippen LogP contribution in [0.1, 0.15) is 18.0 Å². The van der Waals surface area contributed by atoms with Crippen molar-refractivity contribution in [3.63, 3.8) is 0 Å². The standard InChI is InChI=1S/C22H17Cl2N3O2S2/c23-16-6-10-18(11-7-16)27-21(15-4-2-1-3-5-15)14-20(25-27)22(30)26-31(28,29)19-12-8-17(24)9-13-19/h1-13,21H,14H2,(H,26,30). The van der Waals surface area contributed by atoms with E-state index in [-0.39, 0.29) is 15.9 Å². The van der Waals surface area contributed by atoms with E-state index in [1.54, 1.807) is 12.1 Å². The molecule has 1 aliphatic heterocycles. The van der Waals surface area contributed by atoms with Crippen molar-refractivity contribution >= 4 is 61.8 Å². The topological polar surface area (TPSA) is 61.8 Å². The molecule has 0 saturated carbocycles. The number of nitrogens with zero attached hydrogens (tertiary/aromatic N) is 2. The van der Waals surface area contributed by atoms with E-state index in [0.717, 1.165) is 11.3 Å². The van der Waals surface area contributed by atoms with E-state index in [1.807, 2.05) is 47.5 Å². The summed E-state index contributed by atoms with van der Waals surface area (Å²) in [6.45, 7) is 0. The number of benzene rings is 3. The van der Waals surface area contributed by atoms with Crippen molar-refractivity contribution in [1.82, 2.24) is 4.72 Å². The molecule has 1 atom stereocenters. The van der Waals surface area contributed by atoms with E-state index in [2.05, 4.69) is 9.82 Å². The fourth-order valence-electron chi connectivity index (χ4n) is 3.27. The Bertz CT molecular complexity index is 1230. The minimum absolute atomic E-state index is 0.0624. The third kappa shape index (κ3) is 4.91. The van der Waals surface area contributed by atoms with Crippen LogP contribution < -0.4 is 9.73 Å². The van der Waals surface area contributed by atoms with E-state index in [9.17, 15) is 8.42 Å². The molecule has 1 unspecified atom stereocenters. The van der Waals surface area contributed by atoms with Crippen LogP contribution in [0.25, 0.3) is 0 Å². The third-order valence-corrected chi connectivity index (χ3v) is 7.14. The number of anilines is 1. The van der Waals surface area contributed by atoms with Crippen molar-refractivity contribution in [2.75, 3.05) is 5.01 Å². The largest absolute Gasteiger partial charge is 0.268 e. The highest BCUT2D eigenvalue weighted by Crippen LogP contribution is 2.35. The number of rotatable bonds is 5. The van der Waals surface area contributed by atoms with Gasteiger partial charge in [0.1, 0.15) is 4.99 Å². The van der Waals surface area contributed by atoms with Gasteiger partial charge < -0.3 is 0 Å². The van der Waals surface area contributed by atoms with E-state index in [1.165, 1.54) is 24.3 Å². The quantitative estimate of drug-likeness (QED) is 0.473. The van der Waals surface area contributed by atoms with Crippen molar-refractivity contribution < 1.29 is 8.42 Å². The number of hydrogen-bond donors (Lipinski definition) is 1. The molecular weight excluding hydrogens is 473 g/mol. The number of halogens is 2. The average molecular weight is 490 g/mol. The second-order valence-electron chi connectivity index (χ2n) is 6.89. The molecule has 0 bridgehead atoms. The van der Waals surface area contributed by atoms with Gasteiger partial charge in [-0.2, -0.15) is 5.10 Å². The summed E-state index contributed by atoms with van der Waals surface area (Å²) in [4.78, 5) is 0.138. The fraction of sp³-hybridized carbons (Fsp3) is 0.0909. The molecule has 1 heterocycles. The Morgan fingerprint density at radius 3 is 2.13 bits per heavy atom. The molecule has 0 amide bonds. The Balaban J connectivity index is 1.62. The minimum atomic E-state index is -3.85. The lowest BCUT2D eigenvalue weighted by Gasteiger charge is -2.24.